The van der Waals surface area contributed by atoms with Crippen molar-refractivity contribution in [2.45, 2.75) is 0 Å². The van der Waals surface area contributed by atoms with Crippen molar-refractivity contribution >= 4 is 35.0 Å². The minimum Gasteiger partial charge on any atom is -0.505 e. The number of para-hydroxylation sites is 1. The van der Waals surface area contributed by atoms with Crippen LogP contribution in [0, 0.1) is 0 Å². The molecular weight excluding hydrogens is 274 g/mol. The molecule has 0 saturated carbocycles. The number of halogens is 1. The Bertz CT molecular complexity index is 639. The molecule has 1 aromatic carbocycles. The first-order chi connectivity index (χ1) is 8.91. The highest BCUT2D eigenvalue weighted by Gasteiger charge is 2.29. The molecule has 1 aromatic rings. The summed E-state index contributed by atoms with van der Waals surface area (Å²) in [5, 5.41) is 14.0. The van der Waals surface area contributed by atoms with Gasteiger partial charge in [-0.3, -0.25) is 19.7 Å². The van der Waals surface area contributed by atoms with E-state index in [1.165, 1.54) is 18.2 Å². The van der Waals surface area contributed by atoms with Crippen molar-refractivity contribution in [3.05, 3.63) is 34.5 Å². The lowest BCUT2D eigenvalue weighted by Crippen LogP contribution is -2.24. The van der Waals surface area contributed by atoms with E-state index in [1.807, 2.05) is 5.32 Å². The van der Waals surface area contributed by atoms with Crippen LogP contribution >= 0.6 is 11.6 Å². The molecule has 1 aliphatic heterocycles. The zero-order chi connectivity index (χ0) is 14.2. The number of carbonyl (C=O) groups excluding carboxylic acids is 3. The largest absolute Gasteiger partial charge is 0.505 e. The average molecular weight is 282 g/mol. The van der Waals surface area contributed by atoms with Gasteiger partial charge in [-0.05, 0) is 12.1 Å². The number of rotatable bonds is 3. The molecule has 7 nitrogen and oxygen atoms in total. The maximum atomic E-state index is 11.4. The number of nitrogens with two attached hydrogens (primary N) is 1. The van der Waals surface area contributed by atoms with Crippen LogP contribution in [-0.4, -0.2) is 22.8 Å². The molecule has 1 aliphatic rings. The van der Waals surface area contributed by atoms with Crippen molar-refractivity contribution < 1.29 is 19.5 Å². The molecule has 0 radical (unpaired) electrons. The standard InChI is InChI=1S/C11H8ClN3O4/c12-6-7(11(19)15-10(6)18)14-5-3-1-2-4(8(5)16)9(13)17/h1-3,16H,(H2,13,17)(H2,14,15,18,19). The van der Waals surface area contributed by atoms with Gasteiger partial charge in [-0.15, -0.1) is 0 Å². The molecule has 98 valence electrons. The second-order valence-corrected chi connectivity index (χ2v) is 4.04. The molecule has 0 spiro atoms. The van der Waals surface area contributed by atoms with Gasteiger partial charge in [0.1, 0.15) is 10.7 Å². The Kier molecular flexibility index (Phi) is 3.14. The topological polar surface area (TPSA) is 122 Å². The third-order valence-corrected chi connectivity index (χ3v) is 2.79. The molecule has 19 heavy (non-hydrogen) atoms. The number of hydrogen-bond donors (Lipinski definition) is 4. The van der Waals surface area contributed by atoms with Crippen LogP contribution in [0.3, 0.4) is 0 Å². The predicted octanol–water partition coefficient (Wildman–Crippen LogP) is 0.00980. The molecule has 0 aromatic heterocycles. The molecule has 8 heteroatoms. The van der Waals surface area contributed by atoms with E-state index in [4.69, 9.17) is 17.3 Å². The zero-order valence-corrected chi connectivity index (χ0v) is 10.1. The number of aromatic hydroxyl groups is 1. The second kappa shape index (κ2) is 4.62. The highest BCUT2D eigenvalue weighted by molar-refractivity contribution is 6.48. The monoisotopic (exact) mass is 281 g/mol. The summed E-state index contributed by atoms with van der Waals surface area (Å²) in [5.74, 6) is -2.72. The van der Waals surface area contributed by atoms with Gasteiger partial charge in [-0.2, -0.15) is 0 Å². The van der Waals surface area contributed by atoms with Crippen LogP contribution < -0.4 is 16.4 Å². The van der Waals surface area contributed by atoms with Gasteiger partial charge >= 0.3 is 0 Å². The summed E-state index contributed by atoms with van der Waals surface area (Å²) in [6.45, 7) is 0. The number of primary amides is 1. The quantitative estimate of drug-likeness (QED) is 0.459. The second-order valence-electron chi connectivity index (χ2n) is 3.66. The van der Waals surface area contributed by atoms with Crippen molar-refractivity contribution in [1.29, 1.82) is 0 Å². The van der Waals surface area contributed by atoms with Crippen LogP contribution in [-0.2, 0) is 9.59 Å². The first kappa shape index (κ1) is 12.9. The van der Waals surface area contributed by atoms with Gasteiger partial charge in [0.05, 0.1) is 11.3 Å². The molecule has 3 amide bonds. The Morgan fingerprint density at radius 2 is 2.00 bits per heavy atom. The Morgan fingerprint density at radius 3 is 2.53 bits per heavy atom. The van der Waals surface area contributed by atoms with Crippen LogP contribution in [0.15, 0.2) is 28.9 Å². The molecule has 0 unspecified atom stereocenters. The van der Waals surface area contributed by atoms with E-state index in [1.54, 1.807) is 0 Å². The molecular formula is C11H8ClN3O4. The van der Waals surface area contributed by atoms with Crippen molar-refractivity contribution in [1.82, 2.24) is 5.32 Å². The zero-order valence-electron chi connectivity index (χ0n) is 9.36. The fourth-order valence-corrected chi connectivity index (χ4v) is 1.70. The molecule has 0 bridgehead atoms. The lowest BCUT2D eigenvalue weighted by Gasteiger charge is -2.09. The summed E-state index contributed by atoms with van der Waals surface area (Å²) >= 11 is 5.64. The number of hydrogen-bond acceptors (Lipinski definition) is 5. The Hall–Kier alpha value is -2.54. The van der Waals surface area contributed by atoms with Crippen molar-refractivity contribution in [3.8, 4) is 5.75 Å². The SMILES string of the molecule is NC(=O)c1cccc(NC2=C(Cl)C(=O)NC2=O)c1O. The van der Waals surface area contributed by atoms with Gasteiger partial charge in [0.25, 0.3) is 17.7 Å². The molecule has 0 atom stereocenters. The van der Waals surface area contributed by atoms with Crippen molar-refractivity contribution in [3.63, 3.8) is 0 Å². The molecule has 1 heterocycles. The number of benzene rings is 1. The lowest BCUT2D eigenvalue weighted by atomic mass is 10.1. The van der Waals surface area contributed by atoms with E-state index in [0.717, 1.165) is 0 Å². The summed E-state index contributed by atoms with van der Waals surface area (Å²) in [4.78, 5) is 33.6. The minimum absolute atomic E-state index is 0.0364. The van der Waals surface area contributed by atoms with Crippen LogP contribution in [0.25, 0.3) is 0 Å². The fourth-order valence-electron chi connectivity index (χ4n) is 1.52. The van der Waals surface area contributed by atoms with Crippen molar-refractivity contribution in [2.75, 3.05) is 5.32 Å². The Morgan fingerprint density at radius 1 is 1.32 bits per heavy atom. The van der Waals surface area contributed by atoms with Gasteiger partial charge in [0.2, 0.25) is 0 Å². The number of anilines is 1. The smallest absolute Gasteiger partial charge is 0.276 e. The third-order valence-electron chi connectivity index (χ3n) is 2.43. The lowest BCUT2D eigenvalue weighted by molar-refractivity contribution is -0.123. The molecule has 2 rings (SSSR count). The average Bonchev–Trinajstić information content (AvgIpc) is 2.58. The molecule has 0 fully saturated rings. The number of phenols is 1. The van der Waals surface area contributed by atoms with Gasteiger partial charge in [-0.25, -0.2) is 0 Å². The van der Waals surface area contributed by atoms with Gasteiger partial charge < -0.3 is 16.2 Å². The maximum absolute atomic E-state index is 11.4. The van der Waals surface area contributed by atoms with Crippen LogP contribution in [0.5, 0.6) is 5.75 Å². The van der Waals surface area contributed by atoms with Gasteiger partial charge in [0, 0.05) is 0 Å². The van der Waals surface area contributed by atoms with Crippen LogP contribution in [0.1, 0.15) is 10.4 Å². The summed E-state index contributed by atoms with van der Waals surface area (Å²) in [5.41, 5.74) is 4.78. The highest BCUT2D eigenvalue weighted by atomic mass is 35.5. The van der Waals surface area contributed by atoms with E-state index < -0.39 is 23.5 Å². The first-order valence-corrected chi connectivity index (χ1v) is 5.44. The van der Waals surface area contributed by atoms with E-state index in [0.29, 0.717) is 0 Å². The van der Waals surface area contributed by atoms with Crippen LogP contribution in [0.4, 0.5) is 5.69 Å². The Balaban J connectivity index is 2.40. The summed E-state index contributed by atoms with van der Waals surface area (Å²) < 4.78 is 0. The van der Waals surface area contributed by atoms with Crippen LogP contribution in [0.2, 0.25) is 0 Å². The summed E-state index contributed by atoms with van der Waals surface area (Å²) in [6.07, 6.45) is 0. The Labute approximate surface area is 112 Å². The van der Waals surface area contributed by atoms with Gasteiger partial charge in [0.15, 0.2) is 5.75 Å². The molecule has 5 N–H and O–H groups in total. The normalized spacial score (nSPS) is 14.6. The third kappa shape index (κ3) is 2.23. The highest BCUT2D eigenvalue weighted by Crippen LogP contribution is 2.30. The van der Waals surface area contributed by atoms with E-state index in [-0.39, 0.29) is 22.0 Å². The van der Waals surface area contributed by atoms with Gasteiger partial charge in [-0.1, -0.05) is 17.7 Å². The minimum atomic E-state index is -0.826. The van der Waals surface area contributed by atoms with Crippen molar-refractivity contribution in [2.24, 2.45) is 5.73 Å². The number of amides is 3. The van der Waals surface area contributed by atoms with E-state index in [2.05, 4.69) is 5.32 Å². The summed E-state index contributed by atoms with van der Waals surface area (Å²) in [6, 6.07) is 4.17. The molecule has 0 aliphatic carbocycles. The summed E-state index contributed by atoms with van der Waals surface area (Å²) in [7, 11) is 0. The predicted molar refractivity (Wildman–Crippen MR) is 66.3 cm³/mol. The number of nitrogens with one attached hydrogen (secondary N) is 2. The fraction of sp³-hybridized carbons (Fsp3) is 0. The number of carbonyl (C=O) groups is 3. The maximum Gasteiger partial charge on any atom is 0.276 e. The van der Waals surface area contributed by atoms with E-state index >= 15 is 0 Å². The van der Waals surface area contributed by atoms with E-state index in [9.17, 15) is 19.5 Å². The molecule has 0 saturated heterocycles. The first-order valence-electron chi connectivity index (χ1n) is 5.06. The number of imide groups is 1.